The SMILES string of the molecule is CC1(C)CC1N1CC(N)CC1=O. The van der Waals surface area contributed by atoms with Gasteiger partial charge in [-0.15, -0.1) is 0 Å². The van der Waals surface area contributed by atoms with Crippen molar-refractivity contribution >= 4 is 5.91 Å². The molecule has 0 spiro atoms. The Morgan fingerprint density at radius 1 is 1.58 bits per heavy atom. The van der Waals surface area contributed by atoms with E-state index in [1.165, 1.54) is 0 Å². The lowest BCUT2D eigenvalue weighted by Crippen LogP contribution is -2.32. The molecule has 0 aromatic heterocycles. The van der Waals surface area contributed by atoms with E-state index in [1.54, 1.807) is 0 Å². The lowest BCUT2D eigenvalue weighted by Gasteiger charge is -2.17. The fraction of sp³-hybridized carbons (Fsp3) is 0.889. The number of nitrogens with zero attached hydrogens (tertiary/aromatic N) is 1. The van der Waals surface area contributed by atoms with Gasteiger partial charge in [-0.25, -0.2) is 0 Å². The molecule has 0 aromatic rings. The highest BCUT2D eigenvalue weighted by atomic mass is 16.2. The van der Waals surface area contributed by atoms with Gasteiger partial charge in [-0.05, 0) is 11.8 Å². The van der Waals surface area contributed by atoms with Gasteiger partial charge < -0.3 is 10.6 Å². The first kappa shape index (κ1) is 8.05. The molecule has 0 bridgehead atoms. The van der Waals surface area contributed by atoms with Crippen LogP contribution in [0.3, 0.4) is 0 Å². The van der Waals surface area contributed by atoms with E-state index in [1.807, 2.05) is 4.90 Å². The van der Waals surface area contributed by atoms with Crippen LogP contribution in [-0.2, 0) is 4.79 Å². The second-order valence-corrected chi connectivity index (χ2v) is 4.72. The average molecular weight is 168 g/mol. The van der Waals surface area contributed by atoms with Gasteiger partial charge in [0.2, 0.25) is 5.91 Å². The minimum Gasteiger partial charge on any atom is -0.338 e. The maximum Gasteiger partial charge on any atom is 0.224 e. The summed E-state index contributed by atoms with van der Waals surface area (Å²) < 4.78 is 0. The molecule has 1 heterocycles. The Bertz CT molecular complexity index is 225. The standard InChI is InChI=1S/C9H16N2O/c1-9(2)4-7(9)11-5-6(10)3-8(11)12/h6-7H,3-5,10H2,1-2H3. The van der Waals surface area contributed by atoms with Crippen LogP contribution in [0.5, 0.6) is 0 Å². The zero-order valence-corrected chi connectivity index (χ0v) is 7.71. The monoisotopic (exact) mass is 168 g/mol. The quantitative estimate of drug-likeness (QED) is 0.614. The van der Waals surface area contributed by atoms with Crippen molar-refractivity contribution < 1.29 is 4.79 Å². The Balaban J connectivity index is 2.03. The first-order valence-corrected chi connectivity index (χ1v) is 4.56. The fourth-order valence-corrected chi connectivity index (χ4v) is 2.03. The maximum atomic E-state index is 11.4. The molecule has 3 heteroatoms. The van der Waals surface area contributed by atoms with Crippen molar-refractivity contribution in [3.8, 4) is 0 Å². The molecule has 68 valence electrons. The van der Waals surface area contributed by atoms with Crippen LogP contribution in [0.1, 0.15) is 26.7 Å². The highest BCUT2D eigenvalue weighted by Gasteiger charge is 2.52. The van der Waals surface area contributed by atoms with Crippen LogP contribution in [0, 0.1) is 5.41 Å². The predicted molar refractivity (Wildman–Crippen MR) is 46.5 cm³/mol. The summed E-state index contributed by atoms with van der Waals surface area (Å²) in [7, 11) is 0. The van der Waals surface area contributed by atoms with Gasteiger partial charge in [0.05, 0.1) is 0 Å². The van der Waals surface area contributed by atoms with Gasteiger partial charge in [0.1, 0.15) is 0 Å². The lowest BCUT2D eigenvalue weighted by atomic mass is 10.2. The van der Waals surface area contributed by atoms with Crippen LogP contribution in [0.15, 0.2) is 0 Å². The number of carbonyl (C=O) groups is 1. The summed E-state index contributed by atoms with van der Waals surface area (Å²) in [6.45, 7) is 5.18. The van der Waals surface area contributed by atoms with E-state index in [2.05, 4.69) is 13.8 Å². The van der Waals surface area contributed by atoms with E-state index in [4.69, 9.17) is 5.73 Å². The molecule has 3 nitrogen and oxygen atoms in total. The molecule has 12 heavy (non-hydrogen) atoms. The van der Waals surface area contributed by atoms with E-state index >= 15 is 0 Å². The van der Waals surface area contributed by atoms with Gasteiger partial charge in [-0.3, -0.25) is 4.79 Å². The molecule has 1 saturated heterocycles. The Kier molecular flexibility index (Phi) is 1.49. The zero-order valence-electron chi connectivity index (χ0n) is 7.71. The van der Waals surface area contributed by atoms with Crippen LogP contribution in [-0.4, -0.2) is 29.4 Å². The van der Waals surface area contributed by atoms with Crippen molar-refractivity contribution in [1.82, 2.24) is 4.90 Å². The Morgan fingerprint density at radius 3 is 2.50 bits per heavy atom. The van der Waals surface area contributed by atoms with Crippen molar-refractivity contribution in [2.75, 3.05) is 6.54 Å². The van der Waals surface area contributed by atoms with Crippen molar-refractivity contribution in [1.29, 1.82) is 0 Å². The summed E-state index contributed by atoms with van der Waals surface area (Å²) in [4.78, 5) is 13.4. The number of hydrogen-bond acceptors (Lipinski definition) is 2. The molecule has 1 amide bonds. The minimum atomic E-state index is 0.0777. The molecule has 2 atom stereocenters. The molecule has 1 aliphatic carbocycles. The number of nitrogens with two attached hydrogens (primary N) is 1. The number of amides is 1. The average Bonchev–Trinajstić information content (AvgIpc) is 2.40. The van der Waals surface area contributed by atoms with Gasteiger partial charge >= 0.3 is 0 Å². The third-order valence-corrected chi connectivity index (χ3v) is 3.03. The van der Waals surface area contributed by atoms with Gasteiger partial charge in [-0.2, -0.15) is 0 Å². The topological polar surface area (TPSA) is 46.3 Å². The normalized spacial score (nSPS) is 38.9. The third kappa shape index (κ3) is 1.12. The predicted octanol–water partition coefficient (Wildman–Crippen LogP) is 0.344. The second-order valence-electron chi connectivity index (χ2n) is 4.72. The molecule has 2 rings (SSSR count). The summed E-state index contributed by atoms with van der Waals surface area (Å²) in [5, 5.41) is 0. The van der Waals surface area contributed by atoms with Crippen LogP contribution in [0.25, 0.3) is 0 Å². The van der Waals surface area contributed by atoms with Gasteiger partial charge in [0.25, 0.3) is 0 Å². The Morgan fingerprint density at radius 2 is 2.17 bits per heavy atom. The molecule has 2 fully saturated rings. The first-order chi connectivity index (χ1) is 5.50. The van der Waals surface area contributed by atoms with Gasteiger partial charge in [0.15, 0.2) is 0 Å². The summed E-state index contributed by atoms with van der Waals surface area (Å²) in [6.07, 6.45) is 1.69. The minimum absolute atomic E-state index is 0.0777. The molecule has 1 aliphatic heterocycles. The molecule has 0 aromatic carbocycles. The second kappa shape index (κ2) is 2.22. The van der Waals surface area contributed by atoms with E-state index in [-0.39, 0.29) is 11.9 Å². The fourth-order valence-electron chi connectivity index (χ4n) is 2.03. The van der Waals surface area contributed by atoms with E-state index in [0.29, 0.717) is 17.9 Å². The lowest BCUT2D eigenvalue weighted by molar-refractivity contribution is -0.128. The molecular formula is C9H16N2O. The third-order valence-electron chi connectivity index (χ3n) is 3.03. The number of likely N-dealkylation sites (tertiary alicyclic amines) is 1. The van der Waals surface area contributed by atoms with Gasteiger partial charge in [0, 0.05) is 25.0 Å². The zero-order chi connectivity index (χ0) is 8.93. The molecular weight excluding hydrogens is 152 g/mol. The molecule has 1 saturated carbocycles. The van der Waals surface area contributed by atoms with Crippen molar-refractivity contribution in [3.63, 3.8) is 0 Å². The summed E-state index contributed by atoms with van der Waals surface area (Å²) in [6, 6.07) is 0.549. The maximum absolute atomic E-state index is 11.4. The van der Waals surface area contributed by atoms with E-state index < -0.39 is 0 Å². The highest BCUT2D eigenvalue weighted by molar-refractivity contribution is 5.80. The summed E-state index contributed by atoms with van der Waals surface area (Å²) >= 11 is 0. The smallest absolute Gasteiger partial charge is 0.224 e. The van der Waals surface area contributed by atoms with Gasteiger partial charge in [-0.1, -0.05) is 13.8 Å². The molecule has 2 aliphatic rings. The summed E-state index contributed by atoms with van der Waals surface area (Å²) in [5.74, 6) is 0.248. The van der Waals surface area contributed by atoms with E-state index in [9.17, 15) is 4.79 Å². The van der Waals surface area contributed by atoms with Crippen LogP contribution in [0.2, 0.25) is 0 Å². The molecule has 0 radical (unpaired) electrons. The van der Waals surface area contributed by atoms with Crippen LogP contribution >= 0.6 is 0 Å². The Labute approximate surface area is 72.9 Å². The largest absolute Gasteiger partial charge is 0.338 e. The van der Waals surface area contributed by atoms with Crippen molar-refractivity contribution in [2.24, 2.45) is 11.1 Å². The summed E-state index contributed by atoms with van der Waals surface area (Å²) in [5.41, 5.74) is 6.05. The van der Waals surface area contributed by atoms with Crippen LogP contribution < -0.4 is 5.73 Å². The number of rotatable bonds is 1. The first-order valence-electron chi connectivity index (χ1n) is 4.56. The van der Waals surface area contributed by atoms with Crippen molar-refractivity contribution in [2.45, 2.75) is 38.8 Å². The van der Waals surface area contributed by atoms with E-state index in [0.717, 1.165) is 13.0 Å². The van der Waals surface area contributed by atoms with Crippen LogP contribution in [0.4, 0.5) is 0 Å². The Hall–Kier alpha value is -0.570. The highest BCUT2D eigenvalue weighted by Crippen LogP contribution is 2.49. The van der Waals surface area contributed by atoms with Crippen molar-refractivity contribution in [3.05, 3.63) is 0 Å². The molecule has 2 unspecified atom stereocenters. The number of carbonyl (C=O) groups excluding carboxylic acids is 1. The molecule has 2 N–H and O–H groups in total. The number of hydrogen-bond donors (Lipinski definition) is 1.